The van der Waals surface area contributed by atoms with Crippen LogP contribution in [0.25, 0.3) is 17.2 Å². The summed E-state index contributed by atoms with van der Waals surface area (Å²) in [6.45, 7) is 6.00. The van der Waals surface area contributed by atoms with Gasteiger partial charge in [-0.3, -0.25) is 4.57 Å². The molecule has 8 nitrogen and oxygen atoms in total. The van der Waals surface area contributed by atoms with Crippen LogP contribution in [0.4, 0.5) is 5.82 Å². The van der Waals surface area contributed by atoms with Crippen molar-refractivity contribution in [2.75, 3.05) is 5.32 Å². The number of benzene rings is 1. The third kappa shape index (κ3) is 3.89. The van der Waals surface area contributed by atoms with Crippen LogP contribution in [0.1, 0.15) is 56.9 Å². The van der Waals surface area contributed by atoms with E-state index in [9.17, 15) is 0 Å². The first kappa shape index (κ1) is 21.7. The topological polar surface area (TPSA) is 83.3 Å². The average molecular weight is 462 g/mol. The second-order valence-corrected chi connectivity index (χ2v) is 9.94. The lowest BCUT2D eigenvalue weighted by atomic mass is 10.1. The van der Waals surface area contributed by atoms with Gasteiger partial charge in [0.1, 0.15) is 24.6 Å². The van der Waals surface area contributed by atoms with Gasteiger partial charge in [0, 0.05) is 6.04 Å². The normalized spacial score (nSPS) is 28.8. The van der Waals surface area contributed by atoms with Gasteiger partial charge in [-0.2, -0.15) is 0 Å². The highest BCUT2D eigenvalue weighted by Gasteiger charge is 2.55. The number of nitrogens with one attached hydrogen (secondary N) is 1. The molecule has 1 aliphatic carbocycles. The van der Waals surface area contributed by atoms with E-state index in [0.717, 1.165) is 35.4 Å². The van der Waals surface area contributed by atoms with Gasteiger partial charge in [-0.05, 0) is 44.7 Å². The molecule has 4 heterocycles. The first-order chi connectivity index (χ1) is 16.5. The largest absolute Gasteiger partial charge is 0.365 e. The zero-order chi connectivity index (χ0) is 23.3. The van der Waals surface area contributed by atoms with Gasteiger partial charge >= 0.3 is 0 Å². The standard InChI is InChI=1S/C26H31N5O3/c1-16-8-4-5-9-17(16)12-13-19-21-22(34-26(2,3)33-21)25(32-19)31-15-29-20-23(27-14-28-24(20)31)30-18-10-6-7-11-18/h4-5,8-9,12-15,18-19,21-22,25H,6-7,10-11H2,1-3H3,(H,27,28,30). The first-order valence-corrected chi connectivity index (χ1v) is 12.2. The maximum absolute atomic E-state index is 6.51. The lowest BCUT2D eigenvalue weighted by molar-refractivity contribution is -0.191. The molecule has 0 bridgehead atoms. The van der Waals surface area contributed by atoms with Crippen molar-refractivity contribution in [1.82, 2.24) is 19.5 Å². The number of fused-ring (bicyclic) bond motifs is 2. The molecular formula is C26H31N5O3. The van der Waals surface area contributed by atoms with Crippen molar-refractivity contribution in [1.29, 1.82) is 0 Å². The number of ether oxygens (including phenoxy) is 3. The van der Waals surface area contributed by atoms with Crippen LogP contribution < -0.4 is 5.32 Å². The van der Waals surface area contributed by atoms with Gasteiger partial charge in [0.2, 0.25) is 0 Å². The van der Waals surface area contributed by atoms with Crippen molar-refractivity contribution in [2.24, 2.45) is 0 Å². The van der Waals surface area contributed by atoms with Crippen LogP contribution in [-0.2, 0) is 14.2 Å². The quantitative estimate of drug-likeness (QED) is 0.594. The number of aromatic nitrogens is 4. The highest BCUT2D eigenvalue weighted by atomic mass is 16.8. The summed E-state index contributed by atoms with van der Waals surface area (Å²) in [6, 6.07) is 8.74. The smallest absolute Gasteiger partial charge is 0.167 e. The van der Waals surface area contributed by atoms with Crippen molar-refractivity contribution in [3.05, 3.63) is 54.1 Å². The Bertz CT molecular complexity index is 1220. The molecule has 0 spiro atoms. The Labute approximate surface area is 199 Å². The Morgan fingerprint density at radius 1 is 1.06 bits per heavy atom. The molecule has 6 rings (SSSR count). The minimum atomic E-state index is -0.688. The van der Waals surface area contributed by atoms with Crippen LogP contribution in [0.2, 0.25) is 0 Å². The highest BCUT2D eigenvalue weighted by Crippen LogP contribution is 2.44. The van der Waals surface area contributed by atoms with E-state index >= 15 is 0 Å². The van der Waals surface area contributed by atoms with Gasteiger partial charge in [0.25, 0.3) is 0 Å². The zero-order valence-corrected chi connectivity index (χ0v) is 19.8. The lowest BCUT2D eigenvalue weighted by Crippen LogP contribution is -2.28. The fourth-order valence-electron chi connectivity index (χ4n) is 5.37. The summed E-state index contributed by atoms with van der Waals surface area (Å²) in [5, 5.41) is 3.56. The van der Waals surface area contributed by atoms with Gasteiger partial charge < -0.3 is 19.5 Å². The van der Waals surface area contributed by atoms with Crippen LogP contribution >= 0.6 is 0 Å². The Morgan fingerprint density at radius 2 is 1.85 bits per heavy atom. The molecule has 1 N–H and O–H groups in total. The number of anilines is 1. The van der Waals surface area contributed by atoms with E-state index in [-0.39, 0.29) is 18.3 Å². The third-order valence-electron chi connectivity index (χ3n) is 7.05. The second-order valence-electron chi connectivity index (χ2n) is 9.94. The van der Waals surface area contributed by atoms with Crippen molar-refractivity contribution in [3.8, 4) is 0 Å². The number of hydrogen-bond acceptors (Lipinski definition) is 7. The number of imidazole rings is 1. The van der Waals surface area contributed by atoms with Crippen molar-refractivity contribution in [2.45, 2.75) is 82.8 Å². The van der Waals surface area contributed by atoms with Gasteiger partial charge in [0.15, 0.2) is 29.0 Å². The van der Waals surface area contributed by atoms with E-state index in [2.05, 4.69) is 51.5 Å². The molecule has 178 valence electrons. The van der Waals surface area contributed by atoms with Gasteiger partial charge in [-0.25, -0.2) is 15.0 Å². The zero-order valence-electron chi connectivity index (χ0n) is 19.8. The summed E-state index contributed by atoms with van der Waals surface area (Å²) >= 11 is 0. The predicted molar refractivity (Wildman–Crippen MR) is 129 cm³/mol. The summed E-state index contributed by atoms with van der Waals surface area (Å²) in [6.07, 6.45) is 11.2. The molecule has 1 saturated carbocycles. The van der Waals surface area contributed by atoms with E-state index in [1.54, 1.807) is 12.7 Å². The average Bonchev–Trinajstić information content (AvgIpc) is 3.58. The van der Waals surface area contributed by atoms with E-state index in [1.165, 1.54) is 18.4 Å². The molecule has 8 heteroatoms. The summed E-state index contributed by atoms with van der Waals surface area (Å²) < 4.78 is 21.1. The number of aryl methyl sites for hydroxylation is 1. The minimum absolute atomic E-state index is 0.226. The number of rotatable bonds is 5. The summed E-state index contributed by atoms with van der Waals surface area (Å²) in [4.78, 5) is 13.7. The Balaban J connectivity index is 1.31. The first-order valence-electron chi connectivity index (χ1n) is 12.2. The van der Waals surface area contributed by atoms with E-state index in [1.807, 2.05) is 30.5 Å². The Morgan fingerprint density at radius 3 is 2.68 bits per heavy atom. The summed E-state index contributed by atoms with van der Waals surface area (Å²) in [5.41, 5.74) is 3.86. The molecule has 2 aliphatic heterocycles. The maximum Gasteiger partial charge on any atom is 0.167 e. The minimum Gasteiger partial charge on any atom is -0.365 e. The van der Waals surface area contributed by atoms with E-state index < -0.39 is 12.0 Å². The van der Waals surface area contributed by atoms with Crippen LogP contribution in [0.3, 0.4) is 0 Å². The fraction of sp³-hybridized carbons (Fsp3) is 0.500. The fourth-order valence-corrected chi connectivity index (χ4v) is 5.37. The van der Waals surface area contributed by atoms with Crippen LogP contribution in [0, 0.1) is 6.92 Å². The molecule has 0 amide bonds. The molecule has 3 fully saturated rings. The number of nitrogens with zero attached hydrogens (tertiary/aromatic N) is 4. The molecule has 0 radical (unpaired) electrons. The number of hydrogen-bond donors (Lipinski definition) is 1. The van der Waals surface area contributed by atoms with Crippen molar-refractivity contribution in [3.63, 3.8) is 0 Å². The second kappa shape index (κ2) is 8.45. The SMILES string of the molecule is Cc1ccccc1C=CC1OC(n2cnc3c(NC4CCCC4)ncnc32)C2OC(C)(C)OC12. The summed E-state index contributed by atoms with van der Waals surface area (Å²) in [7, 11) is 0. The molecule has 1 aromatic carbocycles. The Kier molecular flexibility index (Phi) is 5.39. The molecule has 2 saturated heterocycles. The highest BCUT2D eigenvalue weighted by molar-refractivity contribution is 5.82. The Hall–Kier alpha value is -2.81. The van der Waals surface area contributed by atoms with Crippen LogP contribution in [0.5, 0.6) is 0 Å². The van der Waals surface area contributed by atoms with Crippen LogP contribution in [-0.4, -0.2) is 49.7 Å². The van der Waals surface area contributed by atoms with E-state index in [0.29, 0.717) is 6.04 Å². The van der Waals surface area contributed by atoms with Gasteiger partial charge in [-0.15, -0.1) is 0 Å². The van der Waals surface area contributed by atoms with Crippen LogP contribution in [0.15, 0.2) is 43.0 Å². The van der Waals surface area contributed by atoms with Gasteiger partial charge in [0.05, 0.1) is 6.33 Å². The monoisotopic (exact) mass is 461 g/mol. The molecule has 3 aliphatic rings. The molecule has 3 aromatic rings. The molecule has 4 unspecified atom stereocenters. The third-order valence-corrected chi connectivity index (χ3v) is 7.05. The summed E-state index contributed by atoms with van der Waals surface area (Å²) in [5.74, 6) is 0.0947. The lowest BCUT2D eigenvalue weighted by Gasteiger charge is -2.24. The van der Waals surface area contributed by atoms with Crippen molar-refractivity contribution < 1.29 is 14.2 Å². The van der Waals surface area contributed by atoms with E-state index in [4.69, 9.17) is 14.2 Å². The maximum atomic E-state index is 6.51. The molecule has 34 heavy (non-hydrogen) atoms. The van der Waals surface area contributed by atoms with Crippen molar-refractivity contribution >= 4 is 23.1 Å². The predicted octanol–water partition coefficient (Wildman–Crippen LogP) is 4.62. The molecule has 4 atom stereocenters. The molecular weight excluding hydrogens is 430 g/mol. The molecule has 2 aromatic heterocycles. The van der Waals surface area contributed by atoms with Gasteiger partial charge in [-0.1, -0.05) is 49.3 Å².